The molecule has 1 aliphatic carbocycles. The van der Waals surface area contributed by atoms with Gasteiger partial charge in [-0.2, -0.15) is 0 Å². The van der Waals surface area contributed by atoms with E-state index in [1.54, 1.807) is 0 Å². The molecule has 0 aromatic carbocycles. The van der Waals surface area contributed by atoms with Crippen molar-refractivity contribution in [1.29, 1.82) is 0 Å². The number of carbonyl (C=O) groups is 1. The van der Waals surface area contributed by atoms with Gasteiger partial charge >= 0.3 is 0 Å². The summed E-state index contributed by atoms with van der Waals surface area (Å²) < 4.78 is 18.0. The first-order valence-corrected chi connectivity index (χ1v) is 14.8. The van der Waals surface area contributed by atoms with Crippen molar-refractivity contribution in [2.75, 3.05) is 26.2 Å². The lowest BCUT2D eigenvalue weighted by molar-refractivity contribution is -0.284. The molecular formula is C26H52N6O9. The summed E-state index contributed by atoms with van der Waals surface area (Å²) in [6, 6.07) is -2.96. The summed E-state index contributed by atoms with van der Waals surface area (Å²) in [5.74, 6) is -1.41. The van der Waals surface area contributed by atoms with Crippen LogP contribution in [0.2, 0.25) is 0 Å². The third kappa shape index (κ3) is 8.53. The highest BCUT2D eigenvalue weighted by atomic mass is 16.7. The van der Waals surface area contributed by atoms with Gasteiger partial charge in [-0.25, -0.2) is 0 Å². The molecule has 1 amide bonds. The minimum absolute atomic E-state index is 0.0334. The van der Waals surface area contributed by atoms with Gasteiger partial charge < -0.3 is 73.3 Å². The number of aliphatic hydroxyl groups excluding tert-OH is 5. The average molecular weight is 593 g/mol. The minimum Gasteiger partial charge on any atom is -0.390 e. The molecule has 2 heterocycles. The lowest BCUT2D eigenvalue weighted by atomic mass is 9.71. The van der Waals surface area contributed by atoms with Crippen molar-refractivity contribution in [2.45, 2.75) is 125 Å². The van der Waals surface area contributed by atoms with Crippen LogP contribution >= 0.6 is 0 Å². The molecule has 3 fully saturated rings. The predicted octanol–water partition coefficient (Wildman–Crippen LogP) is -4.69. The molecule has 2 aliphatic heterocycles. The van der Waals surface area contributed by atoms with Crippen LogP contribution in [-0.2, 0) is 19.0 Å². The number of nitrogens with two attached hydrogens (primary N) is 4. The number of ether oxygens (including phenoxy) is 3. The first kappa shape index (κ1) is 34.4. The van der Waals surface area contributed by atoms with E-state index in [0.29, 0.717) is 32.4 Å². The van der Waals surface area contributed by atoms with Crippen molar-refractivity contribution < 1.29 is 44.5 Å². The molecule has 14 atom stereocenters. The molecule has 0 aromatic rings. The minimum atomic E-state index is -1.42. The molecule has 0 aromatic heterocycles. The summed E-state index contributed by atoms with van der Waals surface area (Å²) in [5, 5.41) is 59.6. The summed E-state index contributed by atoms with van der Waals surface area (Å²) in [7, 11) is 0. The zero-order chi connectivity index (χ0) is 30.3. The number of hydrogen-bond donors (Lipinski definition) is 11. The quantitative estimate of drug-likeness (QED) is 0.0897. The van der Waals surface area contributed by atoms with E-state index >= 15 is 0 Å². The van der Waals surface area contributed by atoms with Crippen molar-refractivity contribution in [1.82, 2.24) is 10.6 Å². The molecule has 15 N–H and O–H groups in total. The van der Waals surface area contributed by atoms with Crippen molar-refractivity contribution in [3.05, 3.63) is 0 Å². The molecule has 240 valence electrons. The highest BCUT2D eigenvalue weighted by molar-refractivity contribution is 5.80. The second-order valence-electron chi connectivity index (χ2n) is 11.5. The van der Waals surface area contributed by atoms with Crippen molar-refractivity contribution in [3.63, 3.8) is 0 Å². The molecule has 14 unspecified atom stereocenters. The predicted molar refractivity (Wildman–Crippen MR) is 148 cm³/mol. The van der Waals surface area contributed by atoms with Gasteiger partial charge in [0.05, 0.1) is 49.2 Å². The van der Waals surface area contributed by atoms with Crippen LogP contribution in [0.1, 0.15) is 45.4 Å². The highest BCUT2D eigenvalue weighted by Crippen LogP contribution is 2.37. The summed E-state index contributed by atoms with van der Waals surface area (Å²) in [6.07, 6.45) is -6.82. The zero-order valence-electron chi connectivity index (χ0n) is 23.8. The molecule has 0 spiro atoms. The van der Waals surface area contributed by atoms with E-state index in [-0.39, 0.29) is 32.0 Å². The fraction of sp³-hybridized carbons (Fsp3) is 0.962. The van der Waals surface area contributed by atoms with E-state index in [2.05, 4.69) is 10.6 Å². The van der Waals surface area contributed by atoms with Gasteiger partial charge in [0, 0.05) is 18.0 Å². The van der Waals surface area contributed by atoms with Crippen LogP contribution < -0.4 is 33.6 Å². The first-order chi connectivity index (χ1) is 19.5. The van der Waals surface area contributed by atoms with E-state index in [1.165, 1.54) is 0 Å². The fourth-order valence-corrected chi connectivity index (χ4v) is 6.13. The van der Waals surface area contributed by atoms with Gasteiger partial charge in [-0.3, -0.25) is 4.79 Å². The standard InChI is InChI=1S/C26H52N6O9/c1-2-4-18-16(34)10-13(31-8-3-6-27)23(40-18)19-12(29)9-14(32-25(38)15(33)5-7-28)24(21(19)36)41-26-22(37)20(30)17(35)11-39-26/h12-24,26,31,33-37H,2-11,27-30H2,1H3,(H,32,38). The summed E-state index contributed by atoms with van der Waals surface area (Å²) >= 11 is 0. The normalized spacial score (nSPS) is 42.5. The maximum Gasteiger partial charge on any atom is 0.249 e. The summed E-state index contributed by atoms with van der Waals surface area (Å²) in [5.41, 5.74) is 23.7. The third-order valence-corrected chi connectivity index (χ3v) is 8.45. The number of nitrogens with one attached hydrogen (secondary N) is 2. The molecular weight excluding hydrogens is 540 g/mol. The Labute approximate surface area is 241 Å². The Hall–Kier alpha value is -1.05. The van der Waals surface area contributed by atoms with E-state index in [1.807, 2.05) is 6.92 Å². The Morgan fingerprint density at radius 2 is 1.78 bits per heavy atom. The smallest absolute Gasteiger partial charge is 0.249 e. The molecule has 0 bridgehead atoms. The number of aliphatic hydroxyl groups is 5. The molecule has 1 saturated carbocycles. The van der Waals surface area contributed by atoms with Crippen LogP contribution in [-0.4, -0.2) is 137 Å². The summed E-state index contributed by atoms with van der Waals surface area (Å²) in [4.78, 5) is 12.7. The maximum atomic E-state index is 12.7. The van der Waals surface area contributed by atoms with Gasteiger partial charge in [0.1, 0.15) is 18.3 Å². The van der Waals surface area contributed by atoms with E-state index in [9.17, 15) is 30.3 Å². The average Bonchev–Trinajstić information content (AvgIpc) is 2.93. The van der Waals surface area contributed by atoms with Crippen LogP contribution in [0, 0.1) is 5.92 Å². The van der Waals surface area contributed by atoms with Gasteiger partial charge in [-0.15, -0.1) is 0 Å². The van der Waals surface area contributed by atoms with Gasteiger partial charge in [-0.1, -0.05) is 13.3 Å². The third-order valence-electron chi connectivity index (χ3n) is 8.45. The van der Waals surface area contributed by atoms with Crippen LogP contribution in [0.4, 0.5) is 0 Å². The second-order valence-corrected chi connectivity index (χ2v) is 11.5. The fourth-order valence-electron chi connectivity index (χ4n) is 6.13. The van der Waals surface area contributed by atoms with Crippen molar-refractivity contribution in [2.24, 2.45) is 28.9 Å². The molecule has 3 aliphatic rings. The molecule has 15 nitrogen and oxygen atoms in total. The molecule has 41 heavy (non-hydrogen) atoms. The summed E-state index contributed by atoms with van der Waals surface area (Å²) in [6.45, 7) is 2.94. The zero-order valence-corrected chi connectivity index (χ0v) is 23.8. The Morgan fingerprint density at radius 3 is 2.44 bits per heavy atom. The van der Waals surface area contributed by atoms with Crippen LogP contribution in [0.15, 0.2) is 0 Å². The van der Waals surface area contributed by atoms with Crippen LogP contribution in [0.5, 0.6) is 0 Å². The van der Waals surface area contributed by atoms with Crippen molar-refractivity contribution in [3.8, 4) is 0 Å². The lowest BCUT2D eigenvalue weighted by Gasteiger charge is -2.51. The van der Waals surface area contributed by atoms with Crippen molar-refractivity contribution >= 4 is 5.91 Å². The van der Waals surface area contributed by atoms with Gasteiger partial charge in [0.25, 0.3) is 0 Å². The topological polar surface area (TPSA) is 274 Å². The Bertz CT molecular complexity index is 803. The van der Waals surface area contributed by atoms with Crippen LogP contribution in [0.3, 0.4) is 0 Å². The van der Waals surface area contributed by atoms with E-state index in [4.69, 9.17) is 37.1 Å². The maximum absolute atomic E-state index is 12.7. The SMILES string of the molecule is CCCC1OC(C2C(N)CC(NC(=O)C(O)CCN)C(OC3OCC(O)C(N)C3O)C2O)C(NCCCN)CC1O. The molecule has 3 rings (SSSR count). The molecule has 2 saturated heterocycles. The Kier molecular flexibility index (Phi) is 13.6. The number of amides is 1. The monoisotopic (exact) mass is 592 g/mol. The molecule has 0 radical (unpaired) electrons. The Morgan fingerprint density at radius 1 is 1.05 bits per heavy atom. The molecule has 15 heteroatoms. The number of carbonyl (C=O) groups excluding carboxylic acids is 1. The van der Waals surface area contributed by atoms with E-state index < -0.39 is 85.1 Å². The lowest BCUT2D eigenvalue weighted by Crippen LogP contribution is -2.69. The van der Waals surface area contributed by atoms with Gasteiger partial charge in [-0.05, 0) is 51.7 Å². The van der Waals surface area contributed by atoms with Gasteiger partial charge in [0.15, 0.2) is 6.29 Å². The second kappa shape index (κ2) is 16.1. The number of hydrogen-bond acceptors (Lipinski definition) is 14. The van der Waals surface area contributed by atoms with Crippen LogP contribution in [0.25, 0.3) is 0 Å². The first-order valence-electron chi connectivity index (χ1n) is 14.8. The highest BCUT2D eigenvalue weighted by Gasteiger charge is 2.53. The Balaban J connectivity index is 1.89. The van der Waals surface area contributed by atoms with Gasteiger partial charge in [0.2, 0.25) is 5.91 Å². The van der Waals surface area contributed by atoms with E-state index in [0.717, 1.165) is 6.42 Å². The number of rotatable bonds is 13. The largest absolute Gasteiger partial charge is 0.390 e.